The Morgan fingerprint density at radius 3 is 2.50 bits per heavy atom. The lowest BCUT2D eigenvalue weighted by Gasteiger charge is -2.04. The Hall–Kier alpha value is -3.64. The highest BCUT2D eigenvalue weighted by Crippen LogP contribution is 2.40. The maximum absolute atomic E-state index is 13.4. The van der Waals surface area contributed by atoms with Gasteiger partial charge >= 0.3 is 5.97 Å². The average molecular weight is 418 g/mol. The quantitative estimate of drug-likeness (QED) is 0.232. The van der Waals surface area contributed by atoms with Gasteiger partial charge in [-0.25, -0.2) is 4.79 Å². The number of carbonyl (C=O) groups is 2. The number of fused-ring (bicyclic) bond motifs is 1. The molecule has 5 nitrogen and oxygen atoms in total. The lowest BCUT2D eigenvalue weighted by atomic mass is 9.99. The number of thiophene rings is 1. The van der Waals surface area contributed by atoms with Gasteiger partial charge in [0.05, 0.1) is 24.7 Å². The molecular formula is C24H18O5S. The number of ketones is 1. The minimum Gasteiger partial charge on any atom is -0.493 e. The number of hydrogen-bond acceptors (Lipinski definition) is 6. The van der Waals surface area contributed by atoms with Crippen molar-refractivity contribution in [1.29, 1.82) is 0 Å². The largest absolute Gasteiger partial charge is 0.493 e. The SMILES string of the molecule is COC(=O)/C=C/c1cc(OC)c2oc(-c3ccccc3)c(C(=O)c3cccs3)c2c1. The first-order chi connectivity index (χ1) is 14.6. The molecule has 0 spiro atoms. The number of methoxy groups -OCH3 is 2. The molecule has 2 heterocycles. The summed E-state index contributed by atoms with van der Waals surface area (Å²) in [7, 11) is 2.85. The fraction of sp³-hybridized carbons (Fsp3) is 0.0833. The molecule has 0 saturated carbocycles. The van der Waals surface area contributed by atoms with Crippen LogP contribution >= 0.6 is 11.3 Å². The lowest BCUT2D eigenvalue weighted by Crippen LogP contribution is -2.00. The highest BCUT2D eigenvalue weighted by molar-refractivity contribution is 7.12. The fourth-order valence-electron chi connectivity index (χ4n) is 3.22. The van der Waals surface area contributed by atoms with Crippen molar-refractivity contribution >= 4 is 40.1 Å². The highest BCUT2D eigenvalue weighted by Gasteiger charge is 2.26. The van der Waals surface area contributed by atoms with Crippen LogP contribution in [0.25, 0.3) is 28.4 Å². The summed E-state index contributed by atoms with van der Waals surface area (Å²) in [6.45, 7) is 0. The van der Waals surface area contributed by atoms with E-state index in [4.69, 9.17) is 9.15 Å². The van der Waals surface area contributed by atoms with Crippen LogP contribution in [-0.4, -0.2) is 26.0 Å². The lowest BCUT2D eigenvalue weighted by molar-refractivity contribution is -0.134. The Bertz CT molecular complexity index is 1230. The molecule has 150 valence electrons. The van der Waals surface area contributed by atoms with E-state index < -0.39 is 5.97 Å². The van der Waals surface area contributed by atoms with Gasteiger partial charge in [0.15, 0.2) is 11.3 Å². The Balaban J connectivity index is 1.99. The molecule has 2 aromatic carbocycles. The summed E-state index contributed by atoms with van der Waals surface area (Å²) in [6.07, 6.45) is 2.93. The molecule has 0 bridgehead atoms. The second-order valence-corrected chi connectivity index (χ2v) is 7.38. The van der Waals surface area contributed by atoms with E-state index in [2.05, 4.69) is 4.74 Å². The third-order valence-corrected chi connectivity index (χ3v) is 5.49. The summed E-state index contributed by atoms with van der Waals surface area (Å²) in [5.41, 5.74) is 2.42. The Morgan fingerprint density at radius 2 is 1.83 bits per heavy atom. The molecule has 0 amide bonds. The third-order valence-electron chi connectivity index (χ3n) is 4.62. The number of hydrogen-bond donors (Lipinski definition) is 0. The number of esters is 1. The molecule has 0 aliphatic carbocycles. The van der Waals surface area contributed by atoms with Crippen molar-refractivity contribution < 1.29 is 23.5 Å². The zero-order valence-electron chi connectivity index (χ0n) is 16.4. The van der Waals surface area contributed by atoms with E-state index in [1.165, 1.54) is 31.6 Å². The molecule has 4 rings (SSSR count). The first-order valence-electron chi connectivity index (χ1n) is 9.16. The molecule has 0 aliphatic rings. The highest BCUT2D eigenvalue weighted by atomic mass is 32.1. The van der Waals surface area contributed by atoms with Gasteiger partial charge in [-0.05, 0) is 35.2 Å². The van der Waals surface area contributed by atoms with Crippen LogP contribution in [0.5, 0.6) is 5.75 Å². The second-order valence-electron chi connectivity index (χ2n) is 6.43. The van der Waals surface area contributed by atoms with E-state index in [9.17, 15) is 9.59 Å². The molecule has 0 unspecified atom stereocenters. The standard InChI is InChI=1S/C24H18O5S/c1-27-18-14-15(10-11-20(25)28-2)13-17-21(22(26)19-9-6-12-30-19)23(29-24(17)18)16-7-4-3-5-8-16/h3-14H,1-2H3/b11-10+. The minimum absolute atomic E-state index is 0.126. The van der Waals surface area contributed by atoms with Gasteiger partial charge in [-0.1, -0.05) is 36.4 Å². The molecular weight excluding hydrogens is 400 g/mol. The van der Waals surface area contributed by atoms with Gasteiger partial charge in [-0.15, -0.1) is 11.3 Å². The Kier molecular flexibility index (Phi) is 5.50. The summed E-state index contributed by atoms with van der Waals surface area (Å²) in [6, 6.07) is 16.7. The van der Waals surface area contributed by atoms with E-state index in [-0.39, 0.29) is 5.78 Å². The fourth-order valence-corrected chi connectivity index (χ4v) is 3.89. The summed E-state index contributed by atoms with van der Waals surface area (Å²) in [5, 5.41) is 2.49. The third kappa shape index (κ3) is 3.65. The molecule has 30 heavy (non-hydrogen) atoms. The van der Waals surface area contributed by atoms with Gasteiger partial charge < -0.3 is 13.9 Å². The average Bonchev–Trinajstić information content (AvgIpc) is 3.45. The summed E-state index contributed by atoms with van der Waals surface area (Å²) in [4.78, 5) is 25.5. The molecule has 0 saturated heterocycles. The van der Waals surface area contributed by atoms with Crippen molar-refractivity contribution in [3.8, 4) is 17.1 Å². The molecule has 4 aromatic rings. The van der Waals surface area contributed by atoms with E-state index in [0.717, 1.165) is 5.56 Å². The van der Waals surface area contributed by atoms with Crippen LogP contribution in [0.15, 0.2) is 70.5 Å². The topological polar surface area (TPSA) is 65.7 Å². The maximum Gasteiger partial charge on any atom is 0.330 e. The van der Waals surface area contributed by atoms with Crippen molar-refractivity contribution in [2.24, 2.45) is 0 Å². The predicted octanol–water partition coefficient (Wildman–Crippen LogP) is 5.59. The van der Waals surface area contributed by atoms with Crippen molar-refractivity contribution in [1.82, 2.24) is 0 Å². The van der Waals surface area contributed by atoms with E-state index in [1.54, 1.807) is 18.2 Å². The van der Waals surface area contributed by atoms with Crippen molar-refractivity contribution in [2.75, 3.05) is 14.2 Å². The second kappa shape index (κ2) is 8.39. The van der Waals surface area contributed by atoms with E-state index in [0.29, 0.717) is 38.5 Å². The van der Waals surface area contributed by atoms with Crippen LogP contribution in [0.3, 0.4) is 0 Å². The normalized spacial score (nSPS) is 11.1. The van der Waals surface area contributed by atoms with Crippen LogP contribution in [0, 0.1) is 0 Å². The molecule has 0 fully saturated rings. The Labute approximate surface area is 177 Å². The zero-order chi connectivity index (χ0) is 21.1. The molecule has 0 radical (unpaired) electrons. The van der Waals surface area contributed by atoms with Gasteiger partial charge in [-0.3, -0.25) is 4.79 Å². The first kappa shape index (κ1) is 19.7. The van der Waals surface area contributed by atoms with Gasteiger partial charge in [0.25, 0.3) is 0 Å². The Morgan fingerprint density at radius 1 is 1.03 bits per heavy atom. The minimum atomic E-state index is -0.471. The van der Waals surface area contributed by atoms with Crippen molar-refractivity contribution in [3.63, 3.8) is 0 Å². The molecule has 0 N–H and O–H groups in total. The number of benzene rings is 2. The molecule has 0 aliphatic heterocycles. The maximum atomic E-state index is 13.4. The van der Waals surface area contributed by atoms with Gasteiger partial charge in [0.1, 0.15) is 5.76 Å². The number of ether oxygens (including phenoxy) is 2. The van der Waals surface area contributed by atoms with Crippen molar-refractivity contribution in [2.45, 2.75) is 0 Å². The first-order valence-corrected chi connectivity index (χ1v) is 10.0. The van der Waals surface area contributed by atoms with Gasteiger partial charge in [0, 0.05) is 17.0 Å². The van der Waals surface area contributed by atoms with Gasteiger partial charge in [0.2, 0.25) is 5.78 Å². The van der Waals surface area contributed by atoms with E-state index in [1.807, 2.05) is 47.8 Å². The number of rotatable bonds is 6. The molecule has 2 aromatic heterocycles. The molecule has 0 atom stereocenters. The predicted molar refractivity (Wildman–Crippen MR) is 117 cm³/mol. The number of carbonyl (C=O) groups excluding carboxylic acids is 2. The number of furan rings is 1. The zero-order valence-corrected chi connectivity index (χ0v) is 17.2. The van der Waals surface area contributed by atoms with Crippen molar-refractivity contribution in [3.05, 3.63) is 82.1 Å². The summed E-state index contributed by atoms with van der Waals surface area (Å²) >= 11 is 1.38. The van der Waals surface area contributed by atoms with Crippen LogP contribution in [0.4, 0.5) is 0 Å². The van der Waals surface area contributed by atoms with Crippen LogP contribution in [0.1, 0.15) is 20.8 Å². The molecule has 6 heteroatoms. The smallest absolute Gasteiger partial charge is 0.330 e. The monoisotopic (exact) mass is 418 g/mol. The van der Waals surface area contributed by atoms with Crippen LogP contribution in [-0.2, 0) is 9.53 Å². The summed E-state index contributed by atoms with van der Waals surface area (Å²) in [5.74, 6) is 0.357. The van der Waals surface area contributed by atoms with E-state index >= 15 is 0 Å². The van der Waals surface area contributed by atoms with Crippen LogP contribution in [0.2, 0.25) is 0 Å². The summed E-state index contributed by atoms with van der Waals surface area (Å²) < 4.78 is 16.4. The van der Waals surface area contributed by atoms with Crippen LogP contribution < -0.4 is 4.74 Å². The van der Waals surface area contributed by atoms with Gasteiger partial charge in [-0.2, -0.15) is 0 Å².